The van der Waals surface area contributed by atoms with Gasteiger partial charge in [-0.1, -0.05) is 112 Å². The third kappa shape index (κ3) is 9.73. The molecule has 0 heterocycles. The molecule has 0 amide bonds. The Morgan fingerprint density at radius 1 is 0.658 bits per heavy atom. The highest BCUT2D eigenvalue weighted by Crippen LogP contribution is 2.37. The molecule has 0 atom stereocenters. The van der Waals surface area contributed by atoms with Crippen molar-refractivity contribution in [3.8, 4) is 11.5 Å². The van der Waals surface area contributed by atoms with Gasteiger partial charge in [0, 0.05) is 27.9 Å². The minimum Gasteiger partial charge on any atom is -0.507 e. The Labute approximate surface area is 243 Å². The summed E-state index contributed by atoms with van der Waals surface area (Å²) < 4.78 is 0. The van der Waals surface area contributed by atoms with Crippen LogP contribution in [0.5, 0.6) is 11.5 Å². The van der Waals surface area contributed by atoms with Crippen LogP contribution in [0.3, 0.4) is 0 Å². The van der Waals surface area contributed by atoms with Crippen LogP contribution in [-0.2, 0) is 11.5 Å². The summed E-state index contributed by atoms with van der Waals surface area (Å²) in [6, 6.07) is 8.60. The van der Waals surface area contributed by atoms with Crippen molar-refractivity contribution < 1.29 is 10.2 Å². The third-order valence-electron chi connectivity index (χ3n) is 7.76. The molecule has 1 aliphatic rings. The van der Waals surface area contributed by atoms with E-state index in [9.17, 15) is 10.2 Å². The number of aromatic hydroxyl groups is 2. The number of phenols is 2. The van der Waals surface area contributed by atoms with Crippen LogP contribution in [0.1, 0.15) is 157 Å². The second kappa shape index (κ2) is 16.1. The molecule has 2 aromatic rings. The molecule has 2 N–H and O–H groups in total. The molecule has 0 aromatic heterocycles. The van der Waals surface area contributed by atoms with E-state index in [0.29, 0.717) is 40.9 Å². The van der Waals surface area contributed by atoms with Gasteiger partial charge in [-0.25, -0.2) is 0 Å². The van der Waals surface area contributed by atoms with Crippen LogP contribution < -0.4 is 0 Å². The van der Waals surface area contributed by atoms with E-state index >= 15 is 0 Å². The minimum absolute atomic E-state index is 0.349. The fraction of sp³-hybridized carbons (Fsp3) is 0.647. The highest BCUT2D eigenvalue weighted by molar-refractivity contribution is 7.99. The van der Waals surface area contributed by atoms with Crippen molar-refractivity contribution >= 4 is 24.4 Å². The summed E-state index contributed by atoms with van der Waals surface area (Å²) in [6.45, 7) is 17.3. The average molecular weight is 559 g/mol. The van der Waals surface area contributed by atoms with Gasteiger partial charge >= 0.3 is 0 Å². The highest BCUT2D eigenvalue weighted by Gasteiger charge is 2.17. The lowest BCUT2D eigenvalue weighted by molar-refractivity contribution is 0.459. The van der Waals surface area contributed by atoms with Crippen molar-refractivity contribution in [1.29, 1.82) is 0 Å². The molecule has 4 heteroatoms. The smallest absolute Gasteiger partial charge is 0.123 e. The molecular weight excluding hydrogens is 505 g/mol. The molecular formula is C34H54O2S2. The molecule has 0 spiro atoms. The maximum Gasteiger partial charge on any atom is 0.123 e. The topological polar surface area (TPSA) is 40.5 Å². The predicted molar refractivity (Wildman–Crippen MR) is 173 cm³/mol. The Morgan fingerprint density at radius 3 is 1.50 bits per heavy atom. The number of phenolic OH excluding ortho intramolecular Hbond substituents is 2. The van der Waals surface area contributed by atoms with Crippen LogP contribution >= 0.6 is 24.4 Å². The predicted octanol–water partition coefficient (Wildman–Crippen LogP) is 11.1. The maximum atomic E-state index is 10.7. The van der Waals surface area contributed by atoms with Gasteiger partial charge in [0.1, 0.15) is 11.5 Å². The van der Waals surface area contributed by atoms with E-state index in [1.54, 1.807) is 0 Å². The van der Waals surface area contributed by atoms with Gasteiger partial charge in [-0.05, 0) is 58.8 Å². The molecule has 0 unspecified atom stereocenters. The lowest BCUT2D eigenvalue weighted by Gasteiger charge is -2.21. The summed E-state index contributed by atoms with van der Waals surface area (Å²) in [5.41, 5.74) is 6.87. The van der Waals surface area contributed by atoms with Gasteiger partial charge in [-0.3, -0.25) is 0 Å². The van der Waals surface area contributed by atoms with Crippen LogP contribution in [0.4, 0.5) is 0 Å². The van der Waals surface area contributed by atoms with Gasteiger partial charge in [-0.15, -0.1) is 0 Å². The Morgan fingerprint density at radius 2 is 1.08 bits per heavy atom. The van der Waals surface area contributed by atoms with Crippen LogP contribution in [0.2, 0.25) is 0 Å². The van der Waals surface area contributed by atoms with Crippen molar-refractivity contribution in [2.45, 2.75) is 141 Å². The molecule has 0 saturated heterocycles. The molecule has 1 aliphatic carbocycles. The normalized spacial score (nSPS) is 15.1. The van der Waals surface area contributed by atoms with E-state index in [2.05, 4.69) is 104 Å². The molecule has 0 bridgehead atoms. The molecule has 2 nitrogen and oxygen atoms in total. The average Bonchev–Trinajstić information content (AvgIpc) is 2.84. The molecule has 214 valence electrons. The monoisotopic (exact) mass is 558 g/mol. The van der Waals surface area contributed by atoms with Gasteiger partial charge in [0.25, 0.3) is 0 Å². The first-order valence-electron chi connectivity index (χ1n) is 14.9. The quantitative estimate of drug-likeness (QED) is 0.282. The molecule has 38 heavy (non-hydrogen) atoms. The fourth-order valence-corrected chi connectivity index (χ4v) is 6.60. The van der Waals surface area contributed by atoms with Crippen LogP contribution in [0, 0.1) is 0 Å². The van der Waals surface area contributed by atoms with Gasteiger partial charge in [-0.2, -0.15) is 24.4 Å². The van der Waals surface area contributed by atoms with E-state index in [1.165, 1.54) is 56.1 Å². The SMILES string of the molecule is CC(C)c1cc(CS)c(O)c(C(C)C)c1.CC(C)c1cc(CSC2CCCCCCC2)c(O)c(C(C)C)c1. The molecule has 0 aliphatic heterocycles. The highest BCUT2D eigenvalue weighted by atomic mass is 32.2. The standard InChI is InChI=1S/C21H34OS.C13H20OS/c1-15(2)17-12-18(21(22)20(13-17)16(3)4)14-23-19-10-8-6-5-7-9-11-19;1-8(2)10-5-11(7-15)13(14)12(6-10)9(3)4/h12-13,15-16,19,22H,5-11,14H2,1-4H3;5-6,8-9,14-15H,7H2,1-4H3. The second-order valence-electron chi connectivity index (χ2n) is 12.3. The van der Waals surface area contributed by atoms with E-state index < -0.39 is 0 Å². The van der Waals surface area contributed by atoms with E-state index in [4.69, 9.17) is 0 Å². The van der Waals surface area contributed by atoms with Gasteiger partial charge < -0.3 is 10.2 Å². The fourth-order valence-electron chi connectivity index (χ4n) is 5.06. The zero-order valence-corrected chi connectivity index (χ0v) is 27.0. The Kier molecular flexibility index (Phi) is 14.0. The first kappa shape index (κ1) is 32.9. The number of thiol groups is 1. The molecule has 0 radical (unpaired) electrons. The molecule has 2 aromatic carbocycles. The summed E-state index contributed by atoms with van der Waals surface area (Å²) in [6.07, 6.45) is 9.70. The number of hydrogen-bond donors (Lipinski definition) is 3. The Balaban J connectivity index is 0.000000293. The van der Waals surface area contributed by atoms with Crippen molar-refractivity contribution in [3.63, 3.8) is 0 Å². The van der Waals surface area contributed by atoms with Crippen LogP contribution in [-0.4, -0.2) is 15.5 Å². The van der Waals surface area contributed by atoms with Crippen LogP contribution in [0.25, 0.3) is 0 Å². The number of thioether (sulfide) groups is 1. The van der Waals surface area contributed by atoms with Crippen molar-refractivity contribution in [2.24, 2.45) is 0 Å². The second-order valence-corrected chi connectivity index (χ2v) is 13.9. The van der Waals surface area contributed by atoms with Crippen molar-refractivity contribution in [3.05, 3.63) is 57.6 Å². The van der Waals surface area contributed by atoms with Crippen molar-refractivity contribution in [2.75, 3.05) is 0 Å². The summed E-state index contributed by atoms with van der Waals surface area (Å²) in [7, 11) is 0. The first-order chi connectivity index (χ1) is 18.0. The third-order valence-corrected chi connectivity index (χ3v) is 9.52. The van der Waals surface area contributed by atoms with E-state index in [1.807, 2.05) is 0 Å². The Hall–Kier alpha value is -1.26. The largest absolute Gasteiger partial charge is 0.507 e. The van der Waals surface area contributed by atoms with Gasteiger partial charge in [0.2, 0.25) is 0 Å². The number of hydrogen-bond acceptors (Lipinski definition) is 4. The number of benzene rings is 2. The zero-order valence-electron chi connectivity index (χ0n) is 25.3. The summed E-state index contributed by atoms with van der Waals surface area (Å²) in [5.74, 6) is 4.23. The minimum atomic E-state index is 0.349. The summed E-state index contributed by atoms with van der Waals surface area (Å²) in [4.78, 5) is 0. The lowest BCUT2D eigenvalue weighted by atomic mass is 9.92. The Bertz CT molecular complexity index is 986. The molecule has 1 fully saturated rings. The lowest BCUT2D eigenvalue weighted by Crippen LogP contribution is -2.06. The summed E-state index contributed by atoms with van der Waals surface area (Å²) in [5, 5.41) is 21.5. The zero-order chi connectivity index (χ0) is 28.4. The van der Waals surface area contributed by atoms with Gasteiger partial charge in [0.05, 0.1) is 0 Å². The number of rotatable bonds is 8. The maximum absolute atomic E-state index is 10.7. The molecule has 1 saturated carbocycles. The van der Waals surface area contributed by atoms with E-state index in [-0.39, 0.29) is 0 Å². The first-order valence-corrected chi connectivity index (χ1v) is 16.6. The summed E-state index contributed by atoms with van der Waals surface area (Å²) >= 11 is 6.32. The van der Waals surface area contributed by atoms with Crippen molar-refractivity contribution in [1.82, 2.24) is 0 Å². The van der Waals surface area contributed by atoms with Gasteiger partial charge in [0.15, 0.2) is 0 Å². The molecule has 3 rings (SSSR count). The van der Waals surface area contributed by atoms with E-state index in [0.717, 1.165) is 33.3 Å². The van der Waals surface area contributed by atoms with Crippen LogP contribution in [0.15, 0.2) is 24.3 Å².